The van der Waals surface area contributed by atoms with E-state index in [0.29, 0.717) is 5.75 Å². The van der Waals surface area contributed by atoms with Gasteiger partial charge in [0.2, 0.25) is 5.91 Å². The average Bonchev–Trinajstić information content (AvgIpc) is 3.50. The molecule has 170 valence electrons. The largest absolute Gasteiger partial charge is 0.356 e. The van der Waals surface area contributed by atoms with E-state index in [1.807, 2.05) is 77.9 Å². The first-order valence-corrected chi connectivity index (χ1v) is 12.7. The maximum atomic E-state index is 13.1. The van der Waals surface area contributed by atoms with E-state index in [1.165, 1.54) is 16.6 Å². The average molecular weight is 478 g/mol. The molecule has 0 unspecified atom stereocenters. The second kappa shape index (κ2) is 11.2. The molecular formula is C25H27N5OS2. The highest BCUT2D eigenvalue weighted by molar-refractivity contribution is 7.99. The van der Waals surface area contributed by atoms with Gasteiger partial charge in [-0.05, 0) is 68.1 Å². The van der Waals surface area contributed by atoms with Crippen LogP contribution < -0.4 is 10.2 Å². The summed E-state index contributed by atoms with van der Waals surface area (Å²) in [4.78, 5) is 16.3. The number of benzene rings is 2. The molecule has 4 rings (SSSR count). The summed E-state index contributed by atoms with van der Waals surface area (Å²) in [6, 6.07) is 22.2. The van der Waals surface area contributed by atoms with Crippen molar-refractivity contribution < 1.29 is 4.79 Å². The number of rotatable bonds is 10. The first-order valence-electron chi connectivity index (χ1n) is 10.9. The smallest absolute Gasteiger partial charge is 0.237 e. The Bertz CT molecular complexity index is 1140. The van der Waals surface area contributed by atoms with Crippen LogP contribution in [-0.2, 0) is 17.8 Å². The Kier molecular flexibility index (Phi) is 7.80. The summed E-state index contributed by atoms with van der Waals surface area (Å²) in [5.74, 6) is 0.353. The number of hydrogen-bond donors (Lipinski definition) is 1. The molecule has 6 nitrogen and oxygen atoms in total. The molecule has 1 amide bonds. The van der Waals surface area contributed by atoms with Gasteiger partial charge in [0.1, 0.15) is 6.33 Å². The van der Waals surface area contributed by atoms with E-state index in [-0.39, 0.29) is 11.9 Å². The predicted molar refractivity (Wildman–Crippen MR) is 138 cm³/mol. The highest BCUT2D eigenvalue weighted by Gasteiger charge is 2.20. The van der Waals surface area contributed by atoms with Gasteiger partial charge in [0.25, 0.3) is 0 Å². The lowest BCUT2D eigenvalue weighted by Crippen LogP contribution is -2.38. The van der Waals surface area contributed by atoms with Crippen LogP contribution in [0.25, 0.3) is 0 Å². The van der Waals surface area contributed by atoms with E-state index in [2.05, 4.69) is 33.0 Å². The number of thiophene rings is 1. The lowest BCUT2D eigenvalue weighted by atomic mass is 10.2. The topological polar surface area (TPSA) is 63.1 Å². The standard InChI is InChI=1S/C25H27N5OS2/c1-19(2)30(22-12-10-21(11-13-22)27-20-7-4-3-5-8-20)24(31)17-33-25-28-26-18-29(25)15-14-23-9-6-16-32-23/h3-13,16,18-19,27H,14-15,17H2,1-2H3. The van der Waals surface area contributed by atoms with E-state index < -0.39 is 0 Å². The zero-order valence-corrected chi connectivity index (χ0v) is 20.4. The third-order valence-corrected chi connectivity index (χ3v) is 6.98. The van der Waals surface area contributed by atoms with Gasteiger partial charge in [-0.1, -0.05) is 36.0 Å². The minimum absolute atomic E-state index is 0.0442. The molecule has 8 heteroatoms. The number of aryl methyl sites for hydroxylation is 2. The highest BCUT2D eigenvalue weighted by Crippen LogP contribution is 2.25. The van der Waals surface area contributed by atoms with E-state index in [4.69, 9.17) is 0 Å². The van der Waals surface area contributed by atoms with Gasteiger partial charge in [-0.25, -0.2) is 0 Å². The summed E-state index contributed by atoms with van der Waals surface area (Å²) in [6.45, 7) is 4.86. The molecule has 0 saturated heterocycles. The Balaban J connectivity index is 1.37. The fourth-order valence-electron chi connectivity index (χ4n) is 3.51. The van der Waals surface area contributed by atoms with Crippen LogP contribution in [0.2, 0.25) is 0 Å². The third kappa shape index (κ3) is 6.24. The number of aromatic nitrogens is 3. The minimum atomic E-state index is 0.0442. The van der Waals surface area contributed by atoms with Crippen molar-refractivity contribution in [2.24, 2.45) is 0 Å². The van der Waals surface area contributed by atoms with Crippen LogP contribution in [0.3, 0.4) is 0 Å². The van der Waals surface area contributed by atoms with Gasteiger partial charge in [-0.2, -0.15) is 0 Å². The number of nitrogens with one attached hydrogen (secondary N) is 1. The maximum Gasteiger partial charge on any atom is 0.237 e. The molecule has 0 fully saturated rings. The van der Waals surface area contributed by atoms with Crippen LogP contribution in [0.4, 0.5) is 17.1 Å². The summed E-state index contributed by atoms with van der Waals surface area (Å²) in [5.41, 5.74) is 2.89. The van der Waals surface area contributed by atoms with Crippen LogP contribution in [0.5, 0.6) is 0 Å². The molecule has 33 heavy (non-hydrogen) atoms. The Hall–Kier alpha value is -3.10. The summed E-state index contributed by atoms with van der Waals surface area (Å²) in [5, 5.41) is 14.5. The van der Waals surface area contributed by atoms with Crippen molar-refractivity contribution in [1.29, 1.82) is 0 Å². The highest BCUT2D eigenvalue weighted by atomic mass is 32.2. The van der Waals surface area contributed by atoms with E-state index >= 15 is 0 Å². The number of carbonyl (C=O) groups excluding carboxylic acids is 1. The van der Waals surface area contributed by atoms with Gasteiger partial charge in [-0.3, -0.25) is 4.79 Å². The molecule has 2 aromatic heterocycles. The van der Waals surface area contributed by atoms with Gasteiger partial charge < -0.3 is 14.8 Å². The molecule has 0 aliphatic rings. The third-order valence-electron chi connectivity index (χ3n) is 5.08. The molecule has 0 saturated carbocycles. The predicted octanol–water partition coefficient (Wildman–Crippen LogP) is 5.86. The van der Waals surface area contributed by atoms with Crippen molar-refractivity contribution in [2.75, 3.05) is 16.0 Å². The number of carbonyl (C=O) groups is 1. The number of para-hydroxylation sites is 1. The van der Waals surface area contributed by atoms with Gasteiger partial charge in [0.15, 0.2) is 5.16 Å². The van der Waals surface area contributed by atoms with Crippen molar-refractivity contribution in [2.45, 2.75) is 38.0 Å². The summed E-state index contributed by atoms with van der Waals surface area (Å²) in [6.07, 6.45) is 2.66. The molecule has 0 aliphatic carbocycles. The summed E-state index contributed by atoms with van der Waals surface area (Å²) >= 11 is 3.18. The van der Waals surface area contributed by atoms with Crippen LogP contribution in [-0.4, -0.2) is 32.5 Å². The Labute approximate surface area is 202 Å². The molecule has 0 radical (unpaired) electrons. The fraction of sp³-hybridized carbons (Fsp3) is 0.240. The zero-order valence-electron chi connectivity index (χ0n) is 18.7. The first-order chi connectivity index (χ1) is 16.1. The van der Waals surface area contributed by atoms with E-state index in [1.54, 1.807) is 17.7 Å². The molecule has 2 heterocycles. The van der Waals surface area contributed by atoms with Crippen molar-refractivity contribution in [3.05, 3.63) is 83.3 Å². The van der Waals surface area contributed by atoms with Crippen molar-refractivity contribution >= 4 is 46.1 Å². The van der Waals surface area contributed by atoms with Gasteiger partial charge in [0.05, 0.1) is 5.75 Å². The van der Waals surface area contributed by atoms with Gasteiger partial charge in [-0.15, -0.1) is 21.5 Å². The molecule has 0 spiro atoms. The molecule has 1 N–H and O–H groups in total. The number of amides is 1. The zero-order chi connectivity index (χ0) is 23.0. The molecule has 0 atom stereocenters. The van der Waals surface area contributed by atoms with Crippen LogP contribution in [0.1, 0.15) is 18.7 Å². The van der Waals surface area contributed by atoms with Crippen LogP contribution in [0, 0.1) is 0 Å². The molecule has 0 bridgehead atoms. The maximum absolute atomic E-state index is 13.1. The van der Waals surface area contributed by atoms with E-state index in [9.17, 15) is 4.79 Å². The van der Waals surface area contributed by atoms with Crippen molar-refractivity contribution in [1.82, 2.24) is 14.8 Å². The van der Waals surface area contributed by atoms with Gasteiger partial charge >= 0.3 is 0 Å². The quantitative estimate of drug-likeness (QED) is 0.290. The van der Waals surface area contributed by atoms with Crippen LogP contribution in [0.15, 0.2) is 83.6 Å². The molecule has 0 aliphatic heterocycles. The normalized spacial score (nSPS) is 11.0. The Morgan fingerprint density at radius 2 is 1.82 bits per heavy atom. The Morgan fingerprint density at radius 3 is 2.52 bits per heavy atom. The summed E-state index contributed by atoms with van der Waals surface area (Å²) in [7, 11) is 0. The number of hydrogen-bond acceptors (Lipinski definition) is 6. The number of thioether (sulfide) groups is 1. The van der Waals surface area contributed by atoms with E-state index in [0.717, 1.165) is 35.2 Å². The number of nitrogens with zero attached hydrogens (tertiary/aromatic N) is 4. The molecular weight excluding hydrogens is 450 g/mol. The Morgan fingerprint density at radius 1 is 1.06 bits per heavy atom. The lowest BCUT2D eigenvalue weighted by Gasteiger charge is -2.27. The summed E-state index contributed by atoms with van der Waals surface area (Å²) < 4.78 is 2.02. The number of anilines is 3. The van der Waals surface area contributed by atoms with Gasteiger partial charge in [0, 0.05) is 34.5 Å². The second-order valence-electron chi connectivity index (χ2n) is 7.82. The SMILES string of the molecule is CC(C)N(C(=O)CSc1nncn1CCc1cccs1)c1ccc(Nc2ccccc2)cc1. The lowest BCUT2D eigenvalue weighted by molar-refractivity contribution is -0.116. The monoisotopic (exact) mass is 477 g/mol. The van der Waals surface area contributed by atoms with Crippen molar-refractivity contribution in [3.63, 3.8) is 0 Å². The van der Waals surface area contributed by atoms with Crippen LogP contribution >= 0.6 is 23.1 Å². The van der Waals surface area contributed by atoms with Crippen molar-refractivity contribution in [3.8, 4) is 0 Å². The molecule has 4 aromatic rings. The fourth-order valence-corrected chi connectivity index (χ4v) is 5.01. The second-order valence-corrected chi connectivity index (χ2v) is 9.80. The first kappa shape index (κ1) is 23.1. The minimum Gasteiger partial charge on any atom is -0.356 e. The molecule has 2 aromatic carbocycles.